The van der Waals surface area contributed by atoms with E-state index in [1.807, 2.05) is 6.07 Å². The number of rotatable bonds is 1. The fourth-order valence-electron chi connectivity index (χ4n) is 1.23. The van der Waals surface area contributed by atoms with E-state index in [1.54, 1.807) is 0 Å². The van der Waals surface area contributed by atoms with Crippen molar-refractivity contribution in [1.29, 1.82) is 0 Å². The van der Waals surface area contributed by atoms with Crippen LogP contribution in [0.15, 0.2) is 54.6 Å². The predicted molar refractivity (Wildman–Crippen MR) is 78.1 cm³/mol. The molecule has 0 atom stereocenters. The fourth-order valence-corrected chi connectivity index (χ4v) is 1.23. The van der Waals surface area contributed by atoms with E-state index in [1.165, 1.54) is 5.56 Å². The van der Waals surface area contributed by atoms with Crippen LogP contribution >= 0.6 is 7.81 Å². The number of halogens is 6. The molecule has 0 amide bonds. The van der Waals surface area contributed by atoms with Crippen LogP contribution in [0.1, 0.15) is 33.2 Å². The maximum absolute atomic E-state index is 10.7. The van der Waals surface area contributed by atoms with Gasteiger partial charge in [0.2, 0.25) is 0 Å². The maximum atomic E-state index is 9.87. The largest absolute Gasteiger partial charge is 1.00 e. The molecule has 0 bridgehead atoms. The van der Waals surface area contributed by atoms with E-state index >= 15 is 0 Å². The third-order valence-electron chi connectivity index (χ3n) is 2.12. The van der Waals surface area contributed by atoms with Crippen LogP contribution in [0.25, 0.3) is 0 Å². The minimum absolute atomic E-state index is 0. The zero-order valence-corrected chi connectivity index (χ0v) is 14.0. The quantitative estimate of drug-likeness (QED) is 0.262. The Kier molecular flexibility index (Phi) is 8.74. The monoisotopic (exact) mass is 388 g/mol. The molecule has 8 heteroatoms. The molecule has 1 aliphatic rings. The zero-order valence-electron chi connectivity index (χ0n) is 13.0. The molecular weight excluding hydrogens is 369 g/mol. The molecule has 0 N–H and O–H groups in total. The molecule has 0 heterocycles. The minimum Gasteiger partial charge on any atom is 0 e. The molecule has 0 saturated carbocycles. The summed E-state index contributed by atoms with van der Waals surface area (Å²) in [6, 6.07) is 10.5. The second-order valence-electron chi connectivity index (χ2n) is 4.62. The van der Waals surface area contributed by atoms with Crippen LogP contribution in [0.4, 0.5) is 25.2 Å². The van der Waals surface area contributed by atoms with Gasteiger partial charge in [-0.25, -0.2) is 0 Å². The van der Waals surface area contributed by atoms with Crippen LogP contribution in [0.2, 0.25) is 0 Å². The molecule has 2 rings (SSSR count). The van der Waals surface area contributed by atoms with Crippen molar-refractivity contribution in [2.24, 2.45) is 0 Å². The van der Waals surface area contributed by atoms with Crippen LogP contribution < -0.4 is 0 Å². The van der Waals surface area contributed by atoms with E-state index in [9.17, 15) is 25.2 Å². The van der Waals surface area contributed by atoms with Gasteiger partial charge >= 0.3 is 34.4 Å². The third kappa shape index (κ3) is 24.3. The van der Waals surface area contributed by atoms with Gasteiger partial charge in [0.05, 0.1) is 0 Å². The summed E-state index contributed by atoms with van der Waals surface area (Å²) >= 11 is 0. The Bertz CT molecular complexity index is 461. The van der Waals surface area contributed by atoms with Gasteiger partial charge in [-0.2, -0.15) is 0 Å². The second kappa shape index (κ2) is 8.19. The van der Waals surface area contributed by atoms with Gasteiger partial charge in [-0.3, -0.25) is 0 Å². The first kappa shape index (κ1) is 23.5. The van der Waals surface area contributed by atoms with Crippen LogP contribution in [0, 0.1) is 0 Å². The number of hydrogen-bond acceptors (Lipinski definition) is 0. The summed E-state index contributed by atoms with van der Waals surface area (Å²) in [5.41, 5.74) is 1.41. The summed E-state index contributed by atoms with van der Waals surface area (Å²) < 4.78 is 59.2. The molecule has 0 unspecified atom stereocenters. The Morgan fingerprint density at radius 3 is 1.41 bits per heavy atom. The van der Waals surface area contributed by atoms with Gasteiger partial charge in [-0.1, -0.05) is 68.5 Å². The van der Waals surface area contributed by atoms with Gasteiger partial charge in [0.1, 0.15) is 0 Å². The van der Waals surface area contributed by atoms with Gasteiger partial charge in [0.15, 0.2) is 0 Å². The van der Waals surface area contributed by atoms with E-state index in [0.717, 1.165) is 6.42 Å². The molecule has 1 aliphatic carbocycles. The average Bonchev–Trinajstić information content (AvgIpc) is 2.84. The number of hydrogen-bond donors (Lipinski definition) is 0. The van der Waals surface area contributed by atoms with Crippen LogP contribution in [-0.2, 0) is 17.1 Å². The van der Waals surface area contributed by atoms with Crippen molar-refractivity contribution >= 4 is 7.81 Å². The molecular formula is C14H19F6FeP. The average molecular weight is 388 g/mol. The molecule has 0 aromatic heterocycles. The van der Waals surface area contributed by atoms with Gasteiger partial charge in [0.25, 0.3) is 0 Å². The standard InChI is InChI=1S/C9H12.C5H6.F6P.Fe/c1-8(2)9-6-4-3-5-7-9;1-2-4-5-3-1;1-7(2,3,4,5)6;/h3-8H,1-2H3;1-4H,5H2;;/q;;-1;/p+1. The molecule has 0 aliphatic heterocycles. The van der Waals surface area contributed by atoms with Crippen molar-refractivity contribution in [2.45, 2.75) is 26.2 Å². The van der Waals surface area contributed by atoms with Crippen LogP contribution in [0.3, 0.4) is 0 Å². The van der Waals surface area contributed by atoms with Crippen molar-refractivity contribution in [2.75, 3.05) is 0 Å². The number of allylic oxidation sites excluding steroid dienone is 4. The first-order valence-electron chi connectivity index (χ1n) is 6.18. The van der Waals surface area contributed by atoms with E-state index in [-0.39, 0.29) is 18.5 Å². The Labute approximate surface area is 138 Å². The van der Waals surface area contributed by atoms with E-state index in [0.29, 0.717) is 5.92 Å². The summed E-state index contributed by atoms with van der Waals surface area (Å²) in [6.45, 7) is 4.41. The van der Waals surface area contributed by atoms with E-state index in [4.69, 9.17) is 0 Å². The van der Waals surface area contributed by atoms with Crippen molar-refractivity contribution in [3.8, 4) is 0 Å². The Hall–Kier alpha value is -0.771. The van der Waals surface area contributed by atoms with Crippen molar-refractivity contribution in [3.05, 3.63) is 60.2 Å². The van der Waals surface area contributed by atoms with Crippen LogP contribution in [0.5, 0.6) is 0 Å². The molecule has 0 spiro atoms. The fraction of sp³-hybridized carbons (Fsp3) is 0.286. The summed E-state index contributed by atoms with van der Waals surface area (Å²) in [6.07, 6.45) is 9.50. The maximum Gasteiger partial charge on any atom is 1.00 e. The molecule has 0 fully saturated rings. The van der Waals surface area contributed by atoms with E-state index < -0.39 is 7.81 Å². The molecule has 0 radical (unpaired) electrons. The molecule has 1 aromatic rings. The molecule has 130 valence electrons. The Morgan fingerprint density at radius 2 is 1.23 bits per heavy atom. The second-order valence-corrected chi connectivity index (χ2v) is 6.53. The number of benzene rings is 1. The first-order chi connectivity index (χ1) is 9.25. The summed E-state index contributed by atoms with van der Waals surface area (Å²) in [7, 11) is -10.7. The smallest absolute Gasteiger partial charge is 0 e. The SMILES string of the molecule is C1=CCC=C1.CC(C)c1ccccc1.F[P-](F)(F)(F)(F)F.[Fe].[H+]. The summed E-state index contributed by atoms with van der Waals surface area (Å²) in [5, 5.41) is 0. The van der Waals surface area contributed by atoms with E-state index in [2.05, 4.69) is 62.4 Å². The van der Waals surface area contributed by atoms with Crippen LogP contribution in [-0.4, -0.2) is 0 Å². The predicted octanol–water partition coefficient (Wildman–Crippen LogP) is 7.80. The third-order valence-corrected chi connectivity index (χ3v) is 2.12. The molecule has 0 saturated heterocycles. The first-order valence-corrected chi connectivity index (χ1v) is 8.21. The summed E-state index contributed by atoms with van der Waals surface area (Å²) in [4.78, 5) is 0. The van der Waals surface area contributed by atoms with Crippen molar-refractivity contribution in [1.82, 2.24) is 0 Å². The molecule has 0 nitrogen and oxygen atoms in total. The topological polar surface area (TPSA) is 0 Å². The summed E-state index contributed by atoms with van der Waals surface area (Å²) in [5.74, 6) is 0.659. The van der Waals surface area contributed by atoms with Gasteiger partial charge in [-0.15, -0.1) is 0 Å². The van der Waals surface area contributed by atoms with Crippen molar-refractivity contribution in [3.63, 3.8) is 0 Å². The molecule has 22 heavy (non-hydrogen) atoms. The normalized spacial score (nSPS) is 15.5. The Balaban J connectivity index is -0.000000259. The van der Waals surface area contributed by atoms with Gasteiger partial charge < -0.3 is 0 Å². The molecule has 1 aromatic carbocycles. The minimum atomic E-state index is -10.7. The zero-order chi connectivity index (χ0) is 16.6. The van der Waals surface area contributed by atoms with Gasteiger partial charge in [0, 0.05) is 17.1 Å². The Morgan fingerprint density at radius 1 is 0.864 bits per heavy atom. The van der Waals surface area contributed by atoms with Crippen molar-refractivity contribution < 1.29 is 43.7 Å². The van der Waals surface area contributed by atoms with Gasteiger partial charge in [-0.05, 0) is 17.9 Å².